The van der Waals surface area contributed by atoms with Crippen LogP contribution in [-0.2, 0) is 4.79 Å². The van der Waals surface area contributed by atoms with Gasteiger partial charge in [0.05, 0.1) is 0 Å². The molecule has 1 heterocycles. The lowest BCUT2D eigenvalue weighted by atomic mass is 10.2. The maximum atomic E-state index is 12.2. The van der Waals surface area contributed by atoms with Crippen molar-refractivity contribution in [1.29, 1.82) is 0 Å². The first-order valence-corrected chi connectivity index (χ1v) is 6.78. The summed E-state index contributed by atoms with van der Waals surface area (Å²) in [7, 11) is 0. The number of hydrogen-bond donors (Lipinski definition) is 1. The molecule has 0 atom stereocenters. The van der Waals surface area contributed by atoms with Gasteiger partial charge in [-0.25, -0.2) is 0 Å². The van der Waals surface area contributed by atoms with Crippen LogP contribution in [0.25, 0.3) is 10.6 Å². The molecule has 2 aromatic rings. The number of halogens is 4. The van der Waals surface area contributed by atoms with Crippen LogP contribution >= 0.6 is 22.9 Å². The number of hydrogen-bond acceptors (Lipinski definition) is 5. The van der Waals surface area contributed by atoms with Crippen molar-refractivity contribution in [2.24, 2.45) is 0 Å². The lowest BCUT2D eigenvalue weighted by molar-refractivity contribution is -0.274. The fourth-order valence-corrected chi connectivity index (χ4v) is 2.19. The van der Waals surface area contributed by atoms with E-state index in [9.17, 15) is 18.0 Å². The standard InChI is InChI=1S/C11H7ClF3N3O2S/c12-5-8(19)16-10-18-17-9(21-10)6-2-1-3-7(4-6)20-11(13,14)15/h1-4H,5H2,(H,16,18,19). The molecule has 0 saturated heterocycles. The number of amides is 1. The van der Waals surface area contributed by atoms with Crippen LogP contribution in [0.2, 0.25) is 0 Å². The summed E-state index contributed by atoms with van der Waals surface area (Å²) < 4.78 is 40.3. The molecule has 1 N–H and O–H groups in total. The van der Waals surface area contributed by atoms with Crippen LogP contribution in [0.15, 0.2) is 24.3 Å². The van der Waals surface area contributed by atoms with Gasteiger partial charge in [-0.05, 0) is 12.1 Å². The molecular formula is C11H7ClF3N3O2S. The number of nitrogens with zero attached hydrogens (tertiary/aromatic N) is 2. The molecule has 0 bridgehead atoms. The van der Waals surface area contributed by atoms with Crippen molar-refractivity contribution < 1.29 is 22.7 Å². The smallest absolute Gasteiger partial charge is 0.406 e. The Bertz CT molecular complexity index is 648. The van der Waals surface area contributed by atoms with E-state index in [0.29, 0.717) is 10.6 Å². The third-order valence-corrected chi connectivity index (χ3v) is 3.24. The molecule has 21 heavy (non-hydrogen) atoms. The molecule has 0 aliphatic carbocycles. The van der Waals surface area contributed by atoms with Gasteiger partial charge < -0.3 is 4.74 Å². The van der Waals surface area contributed by atoms with Gasteiger partial charge in [0.15, 0.2) is 0 Å². The summed E-state index contributed by atoms with van der Waals surface area (Å²) in [6.07, 6.45) is -4.76. The van der Waals surface area contributed by atoms with E-state index in [2.05, 4.69) is 20.3 Å². The lowest BCUT2D eigenvalue weighted by Gasteiger charge is -2.08. The zero-order valence-corrected chi connectivity index (χ0v) is 11.7. The molecule has 0 saturated carbocycles. The number of anilines is 1. The highest BCUT2D eigenvalue weighted by Gasteiger charge is 2.31. The summed E-state index contributed by atoms with van der Waals surface area (Å²) in [5.74, 6) is -1.04. The number of aromatic nitrogens is 2. The van der Waals surface area contributed by atoms with Crippen molar-refractivity contribution in [3.63, 3.8) is 0 Å². The summed E-state index contributed by atoms with van der Waals surface area (Å²) in [6, 6.07) is 5.31. The summed E-state index contributed by atoms with van der Waals surface area (Å²) in [5.41, 5.74) is 0.389. The first-order valence-electron chi connectivity index (χ1n) is 5.43. The van der Waals surface area contributed by atoms with Crippen LogP contribution in [0.3, 0.4) is 0 Å². The third kappa shape index (κ3) is 4.57. The molecule has 0 unspecified atom stereocenters. The molecule has 0 radical (unpaired) electrons. The second-order valence-corrected chi connectivity index (χ2v) is 4.91. The molecule has 0 fully saturated rings. The highest BCUT2D eigenvalue weighted by molar-refractivity contribution is 7.18. The van der Waals surface area contributed by atoms with Gasteiger partial charge in [-0.3, -0.25) is 10.1 Å². The second kappa shape index (κ2) is 6.27. The van der Waals surface area contributed by atoms with Crippen molar-refractivity contribution >= 4 is 34.0 Å². The molecule has 0 aliphatic rings. The quantitative estimate of drug-likeness (QED) is 0.870. The minimum atomic E-state index is -4.76. The number of rotatable bonds is 4. The first kappa shape index (κ1) is 15.5. The van der Waals surface area contributed by atoms with Crippen LogP contribution in [0.1, 0.15) is 0 Å². The van der Waals surface area contributed by atoms with Gasteiger partial charge in [-0.15, -0.1) is 35.0 Å². The molecular weight excluding hydrogens is 331 g/mol. The van der Waals surface area contributed by atoms with Crippen LogP contribution in [0.5, 0.6) is 5.75 Å². The van der Waals surface area contributed by atoms with Gasteiger partial charge in [0.1, 0.15) is 16.6 Å². The first-order chi connectivity index (χ1) is 9.87. The fraction of sp³-hybridized carbons (Fsp3) is 0.182. The van der Waals surface area contributed by atoms with E-state index >= 15 is 0 Å². The van der Waals surface area contributed by atoms with Gasteiger partial charge in [0.2, 0.25) is 11.0 Å². The van der Waals surface area contributed by atoms with E-state index in [-0.39, 0.29) is 16.8 Å². The molecule has 1 aromatic carbocycles. The van der Waals surface area contributed by atoms with Crippen LogP contribution < -0.4 is 10.1 Å². The van der Waals surface area contributed by atoms with Gasteiger partial charge in [0, 0.05) is 5.56 Å². The molecule has 5 nitrogen and oxygen atoms in total. The summed E-state index contributed by atoms with van der Waals surface area (Å²) in [6.45, 7) is 0. The molecule has 0 spiro atoms. The van der Waals surface area contributed by atoms with Crippen LogP contribution in [0, 0.1) is 0 Å². The average Bonchev–Trinajstić information content (AvgIpc) is 2.85. The van der Waals surface area contributed by atoms with Crippen molar-refractivity contribution in [3.8, 4) is 16.3 Å². The van der Waals surface area contributed by atoms with E-state index in [4.69, 9.17) is 11.6 Å². The zero-order chi connectivity index (χ0) is 15.5. The summed E-state index contributed by atoms with van der Waals surface area (Å²) >= 11 is 6.34. The highest BCUT2D eigenvalue weighted by atomic mass is 35.5. The van der Waals surface area contributed by atoms with Gasteiger partial charge in [-0.2, -0.15) is 0 Å². The molecule has 10 heteroatoms. The van der Waals surface area contributed by atoms with Crippen molar-refractivity contribution in [1.82, 2.24) is 10.2 Å². The Morgan fingerprint density at radius 3 is 2.81 bits per heavy atom. The Kier molecular flexibility index (Phi) is 4.63. The van der Waals surface area contributed by atoms with Crippen molar-refractivity contribution in [2.45, 2.75) is 6.36 Å². The highest BCUT2D eigenvalue weighted by Crippen LogP contribution is 2.30. The van der Waals surface area contributed by atoms with E-state index in [0.717, 1.165) is 11.3 Å². The van der Waals surface area contributed by atoms with Crippen LogP contribution in [-0.4, -0.2) is 28.3 Å². The molecule has 1 aromatic heterocycles. The molecule has 1 amide bonds. The topological polar surface area (TPSA) is 64.1 Å². The number of benzene rings is 1. The van der Waals surface area contributed by atoms with Crippen molar-refractivity contribution in [3.05, 3.63) is 24.3 Å². The SMILES string of the molecule is O=C(CCl)Nc1nnc(-c2cccc(OC(F)(F)F)c2)s1. The normalized spacial score (nSPS) is 11.2. The van der Waals surface area contributed by atoms with Crippen LogP contribution in [0.4, 0.5) is 18.3 Å². The maximum absolute atomic E-state index is 12.2. The average molecular weight is 338 g/mol. The van der Waals surface area contributed by atoms with E-state index in [1.807, 2.05) is 0 Å². The zero-order valence-electron chi connectivity index (χ0n) is 10.1. The summed E-state index contributed by atoms with van der Waals surface area (Å²) in [4.78, 5) is 11.1. The number of carbonyl (C=O) groups is 1. The predicted molar refractivity (Wildman–Crippen MR) is 71.4 cm³/mol. The monoisotopic (exact) mass is 337 g/mol. The number of ether oxygens (including phenoxy) is 1. The van der Waals surface area contributed by atoms with Gasteiger partial charge >= 0.3 is 6.36 Å². The fourth-order valence-electron chi connectivity index (χ4n) is 1.37. The molecule has 0 aliphatic heterocycles. The Morgan fingerprint density at radius 2 is 2.14 bits per heavy atom. The van der Waals surface area contributed by atoms with E-state index < -0.39 is 12.3 Å². The lowest BCUT2D eigenvalue weighted by Crippen LogP contribution is -2.17. The number of alkyl halides is 4. The van der Waals surface area contributed by atoms with Gasteiger partial charge in [0.25, 0.3) is 0 Å². The third-order valence-electron chi connectivity index (χ3n) is 2.11. The van der Waals surface area contributed by atoms with E-state index in [1.165, 1.54) is 18.2 Å². The predicted octanol–water partition coefficient (Wildman–Crippen LogP) is 3.28. The van der Waals surface area contributed by atoms with E-state index in [1.54, 1.807) is 6.07 Å². The minimum absolute atomic E-state index is 0.206. The largest absolute Gasteiger partial charge is 0.573 e. The Hall–Kier alpha value is -1.87. The number of nitrogens with one attached hydrogen (secondary N) is 1. The summed E-state index contributed by atoms with van der Waals surface area (Å²) in [5, 5.41) is 10.4. The molecule has 2 rings (SSSR count). The second-order valence-electron chi connectivity index (χ2n) is 3.67. The minimum Gasteiger partial charge on any atom is -0.406 e. The Morgan fingerprint density at radius 1 is 1.38 bits per heavy atom. The van der Waals surface area contributed by atoms with Gasteiger partial charge in [-0.1, -0.05) is 23.5 Å². The molecule has 112 valence electrons. The Labute approximate surface area is 125 Å². The number of carbonyl (C=O) groups excluding carboxylic acids is 1. The van der Waals surface area contributed by atoms with Crippen molar-refractivity contribution in [2.75, 3.05) is 11.2 Å². The Balaban J connectivity index is 2.18. The maximum Gasteiger partial charge on any atom is 0.573 e.